The molecule has 0 bridgehead atoms. The molecule has 0 N–H and O–H groups in total. The van der Waals surface area contributed by atoms with Crippen molar-refractivity contribution in [2.45, 2.75) is 0 Å². The molecule has 3 heteroatoms. The molecule has 0 amide bonds. The zero-order chi connectivity index (χ0) is 2.71. The molecular weight excluding hydrogens is 253 g/mol. The molecule has 0 heterocycles. The molecule has 4 heavy (non-hydrogen) atoms. The van der Waals surface area contributed by atoms with Crippen LogP contribution in [0, 0.1) is 0 Å². The van der Waals surface area contributed by atoms with Gasteiger partial charge in [-0.3, -0.25) is 0 Å². The van der Waals surface area contributed by atoms with Crippen LogP contribution >= 0.6 is 0 Å². The van der Waals surface area contributed by atoms with Crippen molar-refractivity contribution < 1.29 is 9.59 Å². The van der Waals surface area contributed by atoms with E-state index in [0.717, 1.165) is 0 Å². The molecule has 3 radical (unpaired) electrons. The standard InChI is InChI=1S/CO2.Bi/c2-1-3;. The Hall–Kier alpha value is 0.263. The van der Waals surface area contributed by atoms with E-state index in [1.165, 1.54) is 0 Å². The summed E-state index contributed by atoms with van der Waals surface area (Å²) in [5.41, 5.74) is 0. The molecule has 0 spiro atoms. The fraction of sp³-hybridized carbons (Fsp3) is 0. The SMILES string of the molecule is O=C=O.[Bi]. The minimum atomic E-state index is 0. The Labute approximate surface area is 42.3 Å². The second-order valence-electron chi connectivity index (χ2n) is 0.0833. The molecule has 21 valence electrons. The van der Waals surface area contributed by atoms with Crippen molar-refractivity contribution in [3.05, 3.63) is 0 Å². The van der Waals surface area contributed by atoms with Crippen molar-refractivity contribution in [2.24, 2.45) is 0 Å². The van der Waals surface area contributed by atoms with Gasteiger partial charge in [0.1, 0.15) is 0 Å². The van der Waals surface area contributed by atoms with E-state index in [1.807, 2.05) is 0 Å². The molecule has 0 atom stereocenters. The van der Waals surface area contributed by atoms with Crippen molar-refractivity contribution in [1.82, 2.24) is 0 Å². The predicted molar refractivity (Wildman–Crippen MR) is 10.8 cm³/mol. The van der Waals surface area contributed by atoms with Gasteiger partial charge in [0.05, 0.1) is 0 Å². The average molecular weight is 253 g/mol. The van der Waals surface area contributed by atoms with E-state index >= 15 is 0 Å². The van der Waals surface area contributed by atoms with Crippen LogP contribution in [0.3, 0.4) is 0 Å². The molecule has 0 aromatic rings. The maximum absolute atomic E-state index is 8.12. The van der Waals surface area contributed by atoms with Gasteiger partial charge in [-0.25, -0.2) is 0 Å². The Balaban J connectivity index is 0. The molecule has 0 aliphatic rings. The third kappa shape index (κ3) is 52.2. The van der Waals surface area contributed by atoms with Gasteiger partial charge in [0, 0.05) is 26.2 Å². The van der Waals surface area contributed by atoms with Gasteiger partial charge in [-0.15, -0.1) is 0 Å². The van der Waals surface area contributed by atoms with E-state index in [9.17, 15) is 0 Å². The van der Waals surface area contributed by atoms with Crippen LogP contribution in [0.5, 0.6) is 0 Å². The Morgan fingerprint density at radius 2 is 1.25 bits per heavy atom. The minimum Gasteiger partial charge on any atom is -0.186 e. The van der Waals surface area contributed by atoms with Gasteiger partial charge in [0.25, 0.3) is 0 Å². The van der Waals surface area contributed by atoms with Gasteiger partial charge < -0.3 is 0 Å². The summed E-state index contributed by atoms with van der Waals surface area (Å²) in [6.45, 7) is 0. The molecule has 0 saturated heterocycles. The molecule has 0 unspecified atom stereocenters. The summed E-state index contributed by atoms with van der Waals surface area (Å²) in [5, 5.41) is 0. The number of carbonyl (C=O) groups excluding carboxylic acids is 2. The summed E-state index contributed by atoms with van der Waals surface area (Å²) in [5.74, 6) is 0. The quantitative estimate of drug-likeness (QED) is 0.521. The number of hydrogen-bond donors (Lipinski definition) is 0. The third-order valence-electron chi connectivity index (χ3n) is 0. The molecular formula is CBiO2. The van der Waals surface area contributed by atoms with Crippen LogP contribution in [0.2, 0.25) is 0 Å². The van der Waals surface area contributed by atoms with Gasteiger partial charge in [-0.1, -0.05) is 0 Å². The van der Waals surface area contributed by atoms with Crippen LogP contribution in [0.4, 0.5) is 0 Å². The van der Waals surface area contributed by atoms with E-state index in [4.69, 9.17) is 9.59 Å². The van der Waals surface area contributed by atoms with Gasteiger partial charge in [0.2, 0.25) is 0 Å². The van der Waals surface area contributed by atoms with Gasteiger partial charge >= 0.3 is 6.15 Å². The van der Waals surface area contributed by atoms with E-state index in [0.29, 0.717) is 0 Å². The summed E-state index contributed by atoms with van der Waals surface area (Å²) < 4.78 is 0. The second-order valence-corrected chi connectivity index (χ2v) is 0.0833. The largest absolute Gasteiger partial charge is 0.373 e. The van der Waals surface area contributed by atoms with Gasteiger partial charge in [-0.05, 0) is 0 Å². The maximum Gasteiger partial charge on any atom is 0.373 e. The average Bonchev–Trinajstić information content (AvgIpc) is 0.918. The molecule has 0 aromatic carbocycles. The minimum absolute atomic E-state index is 0. The second kappa shape index (κ2) is 10.5. The Morgan fingerprint density at radius 1 is 1.25 bits per heavy atom. The van der Waals surface area contributed by atoms with E-state index in [-0.39, 0.29) is 32.4 Å². The van der Waals surface area contributed by atoms with Crippen molar-refractivity contribution in [1.29, 1.82) is 0 Å². The van der Waals surface area contributed by atoms with Crippen molar-refractivity contribution in [3.8, 4) is 0 Å². The first-order chi connectivity index (χ1) is 1.41. The summed E-state index contributed by atoms with van der Waals surface area (Å²) >= 11 is 0. The zero-order valence-corrected chi connectivity index (χ0v) is 5.24. The van der Waals surface area contributed by atoms with Gasteiger partial charge in [0.15, 0.2) is 0 Å². The normalized spacial score (nSPS) is 2.00. The smallest absolute Gasteiger partial charge is 0.186 e. The summed E-state index contributed by atoms with van der Waals surface area (Å²) in [6.07, 6.45) is 0.250. The molecule has 0 aliphatic carbocycles. The molecule has 2 nitrogen and oxygen atoms in total. The molecule has 0 rings (SSSR count). The fourth-order valence-electron chi connectivity index (χ4n) is 0. The van der Waals surface area contributed by atoms with Crippen LogP contribution in [0.1, 0.15) is 0 Å². The Kier molecular flexibility index (Phi) is 23.2. The first-order valence-corrected chi connectivity index (χ1v) is 0.408. The zero-order valence-electron chi connectivity index (χ0n) is 1.76. The van der Waals surface area contributed by atoms with E-state index in [2.05, 4.69) is 0 Å². The van der Waals surface area contributed by atoms with Crippen molar-refractivity contribution in [2.75, 3.05) is 0 Å². The summed E-state index contributed by atoms with van der Waals surface area (Å²) in [7, 11) is 0. The first kappa shape index (κ1) is 8.86. The topological polar surface area (TPSA) is 34.1 Å². The summed E-state index contributed by atoms with van der Waals surface area (Å²) in [4.78, 5) is 16.2. The molecule has 0 aliphatic heterocycles. The first-order valence-electron chi connectivity index (χ1n) is 0.408. The van der Waals surface area contributed by atoms with Crippen LogP contribution in [-0.2, 0) is 9.59 Å². The van der Waals surface area contributed by atoms with Crippen LogP contribution < -0.4 is 0 Å². The predicted octanol–water partition coefficient (Wildman–Crippen LogP) is -0.964. The number of hydrogen-bond acceptors (Lipinski definition) is 2. The van der Waals surface area contributed by atoms with Crippen LogP contribution in [0.15, 0.2) is 0 Å². The van der Waals surface area contributed by atoms with Gasteiger partial charge in [-0.2, -0.15) is 9.59 Å². The summed E-state index contributed by atoms with van der Waals surface area (Å²) in [6, 6.07) is 0. The van der Waals surface area contributed by atoms with E-state index < -0.39 is 0 Å². The van der Waals surface area contributed by atoms with Crippen molar-refractivity contribution >= 4 is 32.4 Å². The Morgan fingerprint density at radius 3 is 1.25 bits per heavy atom. The third-order valence-corrected chi connectivity index (χ3v) is 0. The van der Waals surface area contributed by atoms with Crippen LogP contribution in [-0.4, -0.2) is 32.4 Å². The van der Waals surface area contributed by atoms with Crippen LogP contribution in [0.25, 0.3) is 0 Å². The molecule has 0 fully saturated rings. The van der Waals surface area contributed by atoms with Crippen molar-refractivity contribution in [3.63, 3.8) is 0 Å². The monoisotopic (exact) mass is 253 g/mol. The van der Waals surface area contributed by atoms with E-state index in [1.54, 1.807) is 0 Å². The maximum atomic E-state index is 8.12. The Bertz CT molecular complexity index is 27.0. The molecule has 0 aromatic heterocycles. The molecule has 0 saturated carbocycles. The fourth-order valence-corrected chi connectivity index (χ4v) is 0. The number of rotatable bonds is 0.